The molecule has 0 bridgehead atoms. The van der Waals surface area contributed by atoms with Crippen molar-refractivity contribution in [1.29, 1.82) is 0 Å². The second kappa shape index (κ2) is 12.5. The van der Waals surface area contributed by atoms with Crippen LogP contribution in [0.4, 0.5) is 22.0 Å². The molecule has 3 N–H and O–H groups in total. The summed E-state index contributed by atoms with van der Waals surface area (Å²) in [6.45, 7) is 1.71. The Labute approximate surface area is 222 Å². The highest BCUT2D eigenvalue weighted by molar-refractivity contribution is 9.10. The fourth-order valence-electron chi connectivity index (χ4n) is 3.97. The molecule has 1 aromatic heterocycles. The van der Waals surface area contributed by atoms with Crippen LogP contribution in [-0.2, 0) is 9.53 Å². The third-order valence-corrected chi connectivity index (χ3v) is 6.34. The van der Waals surface area contributed by atoms with Gasteiger partial charge in [0.2, 0.25) is 5.91 Å². The second-order valence-corrected chi connectivity index (χ2v) is 9.40. The minimum absolute atomic E-state index is 0.307. The van der Waals surface area contributed by atoms with Crippen molar-refractivity contribution in [2.45, 2.75) is 19.3 Å². The smallest absolute Gasteiger partial charge is 0.407 e. The molecular formula is C26H28BrN5O5. The van der Waals surface area contributed by atoms with Gasteiger partial charge in [-0.3, -0.25) is 4.79 Å². The van der Waals surface area contributed by atoms with E-state index in [1.54, 1.807) is 25.3 Å². The lowest BCUT2D eigenvalue weighted by molar-refractivity contribution is -0.112. The van der Waals surface area contributed by atoms with Crippen molar-refractivity contribution in [3.8, 4) is 5.75 Å². The number of fused-ring (bicyclic) bond motifs is 1. The number of nitrogens with zero attached hydrogens (tertiary/aromatic N) is 3. The van der Waals surface area contributed by atoms with Gasteiger partial charge in [-0.05, 0) is 37.1 Å². The number of anilines is 3. The first-order valence-corrected chi connectivity index (χ1v) is 12.6. The van der Waals surface area contributed by atoms with Gasteiger partial charge in [-0.2, -0.15) is 0 Å². The van der Waals surface area contributed by atoms with Crippen molar-refractivity contribution < 1.29 is 24.2 Å². The van der Waals surface area contributed by atoms with Crippen molar-refractivity contribution in [2.75, 3.05) is 44.0 Å². The molecule has 11 heteroatoms. The van der Waals surface area contributed by atoms with E-state index >= 15 is 0 Å². The van der Waals surface area contributed by atoms with Gasteiger partial charge in [-0.25, -0.2) is 14.8 Å². The molecule has 37 heavy (non-hydrogen) atoms. The van der Waals surface area contributed by atoms with Crippen molar-refractivity contribution in [1.82, 2.24) is 14.9 Å². The predicted octanol–water partition coefficient (Wildman–Crippen LogP) is 5.19. The highest BCUT2D eigenvalue weighted by atomic mass is 79.9. The fraction of sp³-hybridized carbons (Fsp3) is 0.308. The number of aromatic nitrogens is 2. The van der Waals surface area contributed by atoms with E-state index in [4.69, 9.17) is 14.6 Å². The molecule has 0 spiro atoms. The number of likely N-dealkylation sites (tertiary alicyclic amines) is 1. The Morgan fingerprint density at radius 2 is 1.97 bits per heavy atom. The largest absolute Gasteiger partial charge is 0.491 e. The minimum atomic E-state index is -0.940. The van der Waals surface area contributed by atoms with Gasteiger partial charge < -0.3 is 30.1 Å². The second-order valence-electron chi connectivity index (χ2n) is 8.48. The van der Waals surface area contributed by atoms with Crippen LogP contribution in [0.25, 0.3) is 10.9 Å². The average molecular weight is 570 g/mol. The van der Waals surface area contributed by atoms with E-state index in [2.05, 4.69) is 36.5 Å². The fourth-order valence-corrected chi connectivity index (χ4v) is 4.37. The number of carbonyl (C=O) groups excluding carboxylic acids is 1. The maximum absolute atomic E-state index is 12.9. The molecule has 0 atom stereocenters. The van der Waals surface area contributed by atoms with Crippen LogP contribution in [0.3, 0.4) is 0 Å². The molecule has 2 aromatic carbocycles. The molecular weight excluding hydrogens is 542 g/mol. The van der Waals surface area contributed by atoms with Crippen LogP contribution in [-0.4, -0.2) is 65.4 Å². The van der Waals surface area contributed by atoms with Gasteiger partial charge in [0.1, 0.15) is 17.9 Å². The summed E-state index contributed by atoms with van der Waals surface area (Å²) in [6.07, 6.45) is 3.80. The summed E-state index contributed by atoms with van der Waals surface area (Å²) in [5.74, 6) is 0.769. The maximum Gasteiger partial charge on any atom is 0.407 e. The zero-order valence-electron chi connectivity index (χ0n) is 20.4. The summed E-state index contributed by atoms with van der Waals surface area (Å²) in [4.78, 5) is 34.2. The zero-order valence-corrected chi connectivity index (χ0v) is 22.0. The van der Waals surface area contributed by atoms with Gasteiger partial charge in [0.25, 0.3) is 0 Å². The molecule has 4 rings (SSSR count). The van der Waals surface area contributed by atoms with Gasteiger partial charge in [0.15, 0.2) is 0 Å². The quantitative estimate of drug-likeness (QED) is 0.237. The Hall–Kier alpha value is -3.70. The minimum Gasteiger partial charge on any atom is -0.491 e. The summed E-state index contributed by atoms with van der Waals surface area (Å²) < 4.78 is 12.0. The van der Waals surface area contributed by atoms with E-state index in [9.17, 15) is 9.59 Å². The van der Waals surface area contributed by atoms with Crippen molar-refractivity contribution in [3.63, 3.8) is 0 Å². The first kappa shape index (κ1) is 26.4. The third kappa shape index (κ3) is 7.17. The van der Waals surface area contributed by atoms with Gasteiger partial charge in [0.05, 0.1) is 17.8 Å². The lowest BCUT2D eigenvalue weighted by atomic mass is 10.0. The molecule has 0 saturated carbocycles. The van der Waals surface area contributed by atoms with E-state index in [-0.39, 0.29) is 5.91 Å². The Bertz CT molecular complexity index is 1310. The Morgan fingerprint density at radius 3 is 2.70 bits per heavy atom. The van der Waals surface area contributed by atoms with Crippen molar-refractivity contribution in [3.05, 3.63) is 58.8 Å². The molecule has 0 unspecified atom stereocenters. The summed E-state index contributed by atoms with van der Waals surface area (Å²) in [6, 6.07) is 11.3. The molecule has 0 aliphatic carbocycles. The summed E-state index contributed by atoms with van der Waals surface area (Å²) >= 11 is 3.48. The number of methoxy groups -OCH3 is 1. The molecule has 1 saturated heterocycles. The van der Waals surface area contributed by atoms with Crippen molar-refractivity contribution >= 4 is 56.0 Å². The molecule has 2 amide bonds. The van der Waals surface area contributed by atoms with E-state index < -0.39 is 6.09 Å². The standard InChI is InChI=1S/C26H28BrN5O5/c1-36-10-3-11-37-23-15-21-20(25(29-16-28-21)30-19-5-2-4-18(27)13-19)14-22(23)31-24(33)12-17-6-8-32(9-7-17)26(34)35/h2,4-5,12-16H,3,6-11H2,1H3,(H,31,33)(H,34,35)(H,28,29,30). The molecule has 1 aliphatic rings. The highest BCUT2D eigenvalue weighted by Crippen LogP contribution is 2.34. The van der Waals surface area contributed by atoms with E-state index in [1.807, 2.05) is 24.3 Å². The number of benzene rings is 2. The van der Waals surface area contributed by atoms with Gasteiger partial charge in [-0.1, -0.05) is 27.6 Å². The van der Waals surface area contributed by atoms with E-state index in [0.29, 0.717) is 73.7 Å². The summed E-state index contributed by atoms with van der Waals surface area (Å²) in [7, 11) is 1.63. The monoisotopic (exact) mass is 569 g/mol. The lowest BCUT2D eigenvalue weighted by Crippen LogP contribution is -2.35. The van der Waals surface area contributed by atoms with E-state index in [1.165, 1.54) is 11.2 Å². The zero-order chi connectivity index (χ0) is 26.2. The Morgan fingerprint density at radius 1 is 1.16 bits per heavy atom. The van der Waals surface area contributed by atoms with Crippen LogP contribution < -0.4 is 15.4 Å². The van der Waals surface area contributed by atoms with Gasteiger partial charge >= 0.3 is 6.09 Å². The number of nitrogens with one attached hydrogen (secondary N) is 2. The molecule has 1 aliphatic heterocycles. The first-order chi connectivity index (χ1) is 17.9. The van der Waals surface area contributed by atoms with Crippen LogP contribution in [0.1, 0.15) is 19.3 Å². The topological polar surface area (TPSA) is 126 Å². The highest BCUT2D eigenvalue weighted by Gasteiger charge is 2.19. The number of ether oxygens (including phenoxy) is 2. The number of carboxylic acid groups (broad SMARTS) is 1. The number of piperidine rings is 1. The molecule has 3 aromatic rings. The molecule has 2 heterocycles. The normalized spacial score (nSPS) is 13.4. The van der Waals surface area contributed by atoms with Crippen molar-refractivity contribution in [2.24, 2.45) is 0 Å². The average Bonchev–Trinajstić information content (AvgIpc) is 2.87. The molecule has 194 valence electrons. The Kier molecular flexibility index (Phi) is 8.91. The number of hydrogen-bond acceptors (Lipinski definition) is 7. The Balaban J connectivity index is 1.60. The molecule has 1 fully saturated rings. The van der Waals surface area contributed by atoms with Crippen LogP contribution in [0.5, 0.6) is 5.75 Å². The molecule has 10 nitrogen and oxygen atoms in total. The summed E-state index contributed by atoms with van der Waals surface area (Å²) in [5, 5.41) is 16.1. The SMILES string of the molecule is COCCCOc1cc2ncnc(Nc3cccc(Br)c3)c2cc1NC(=O)C=C1CCN(C(=O)O)CC1. The predicted molar refractivity (Wildman–Crippen MR) is 144 cm³/mol. The number of carbonyl (C=O) groups is 2. The van der Waals surface area contributed by atoms with Crippen LogP contribution in [0, 0.1) is 0 Å². The third-order valence-electron chi connectivity index (χ3n) is 5.84. The van der Waals surface area contributed by atoms with Crippen LogP contribution >= 0.6 is 15.9 Å². The van der Waals surface area contributed by atoms with Gasteiger partial charge in [-0.15, -0.1) is 0 Å². The van der Waals surface area contributed by atoms with Crippen LogP contribution in [0.2, 0.25) is 0 Å². The van der Waals surface area contributed by atoms with Gasteiger partial charge in [0, 0.05) is 60.9 Å². The van der Waals surface area contributed by atoms with Crippen LogP contribution in [0.15, 0.2) is 58.8 Å². The first-order valence-electron chi connectivity index (χ1n) is 11.8. The molecule has 0 radical (unpaired) electrons. The number of rotatable bonds is 9. The number of hydrogen-bond donors (Lipinski definition) is 3. The number of amides is 2. The number of halogens is 1. The summed E-state index contributed by atoms with van der Waals surface area (Å²) in [5.41, 5.74) is 2.89. The lowest BCUT2D eigenvalue weighted by Gasteiger charge is -2.25. The maximum atomic E-state index is 12.9. The van der Waals surface area contributed by atoms with E-state index in [0.717, 1.165) is 15.7 Å².